The molecule has 0 aliphatic carbocycles. The Bertz CT molecular complexity index is 322. The molecule has 1 aromatic carbocycles. The zero-order valence-electron chi connectivity index (χ0n) is 9.70. The number of halogens is 1. The molecule has 0 saturated carbocycles. The van der Waals surface area contributed by atoms with Gasteiger partial charge in [0.2, 0.25) is 0 Å². The number of carbonyl (C=O) groups excluding carboxylic acids is 1. The van der Waals surface area contributed by atoms with E-state index in [0.29, 0.717) is 11.6 Å². The van der Waals surface area contributed by atoms with E-state index < -0.39 is 0 Å². The third kappa shape index (κ3) is 4.64. The predicted octanol–water partition coefficient (Wildman–Crippen LogP) is -1.96. The Hall–Kier alpha value is -1.06. The van der Waals surface area contributed by atoms with E-state index in [0.717, 1.165) is 12.8 Å². The number of aryl methyl sites for hydroxylation is 1. The Morgan fingerprint density at radius 1 is 1.38 bits per heavy atom. The van der Waals surface area contributed by atoms with E-state index >= 15 is 0 Å². The van der Waals surface area contributed by atoms with Gasteiger partial charge < -0.3 is 22.9 Å². The lowest BCUT2D eigenvalue weighted by Gasteiger charge is -2.04. The van der Waals surface area contributed by atoms with E-state index in [1.54, 1.807) is 12.1 Å². The highest BCUT2D eigenvalue weighted by Gasteiger charge is 2.04. The molecule has 16 heavy (non-hydrogen) atoms. The second kappa shape index (κ2) is 7.25. The molecule has 90 valence electrons. The molecule has 0 aliphatic rings. The van der Waals surface area contributed by atoms with Crippen molar-refractivity contribution >= 4 is 5.97 Å². The largest absolute Gasteiger partial charge is 1.00 e. The number of hydrogen-bond acceptors (Lipinski definition) is 2. The van der Waals surface area contributed by atoms with Crippen molar-refractivity contribution in [2.24, 2.45) is 0 Å². The first-order chi connectivity index (χ1) is 7.13. The fourth-order valence-electron chi connectivity index (χ4n) is 1.34. The van der Waals surface area contributed by atoms with Gasteiger partial charge in [-0.25, -0.2) is 4.79 Å². The van der Waals surface area contributed by atoms with Crippen LogP contribution >= 0.6 is 0 Å². The molecule has 0 radical (unpaired) electrons. The fraction of sp³-hybridized carbons (Fsp3) is 0.417. The first-order valence-electron chi connectivity index (χ1n) is 5.14. The van der Waals surface area contributed by atoms with Crippen LogP contribution in [-0.4, -0.2) is 19.1 Å². The highest BCUT2D eigenvalue weighted by atomic mass is 35.5. The third-order valence-corrected chi connectivity index (χ3v) is 2.30. The molecular weight excluding hydrogens is 226 g/mol. The number of quaternary nitrogens is 1. The van der Waals surface area contributed by atoms with E-state index in [9.17, 15) is 4.79 Å². The summed E-state index contributed by atoms with van der Waals surface area (Å²) in [4.78, 5) is 11.2. The van der Waals surface area contributed by atoms with Crippen molar-refractivity contribution in [3.05, 3.63) is 35.4 Å². The summed E-state index contributed by atoms with van der Waals surface area (Å²) < 4.78 is 4.63. The molecule has 1 aromatic rings. The first-order valence-corrected chi connectivity index (χ1v) is 5.14. The Labute approximate surface area is 102 Å². The van der Waals surface area contributed by atoms with E-state index in [1.165, 1.54) is 12.7 Å². The van der Waals surface area contributed by atoms with E-state index in [4.69, 9.17) is 0 Å². The van der Waals surface area contributed by atoms with Gasteiger partial charge in [-0.1, -0.05) is 12.1 Å². The Balaban J connectivity index is 0.00000225. The van der Waals surface area contributed by atoms with Gasteiger partial charge in [0, 0.05) is 6.42 Å². The Morgan fingerprint density at radius 2 is 1.94 bits per heavy atom. The van der Waals surface area contributed by atoms with E-state index in [2.05, 4.69) is 17.4 Å². The summed E-state index contributed by atoms with van der Waals surface area (Å²) in [6, 6.07) is 8.00. The van der Waals surface area contributed by atoms with Crippen LogP contribution in [0.3, 0.4) is 0 Å². The minimum absolute atomic E-state index is 0. The van der Waals surface area contributed by atoms with Crippen LogP contribution in [0.15, 0.2) is 24.3 Å². The van der Waals surface area contributed by atoms with Crippen molar-refractivity contribution in [1.29, 1.82) is 0 Å². The van der Waals surface area contributed by atoms with Crippen LogP contribution in [0.1, 0.15) is 29.3 Å². The van der Waals surface area contributed by atoms with Crippen molar-refractivity contribution in [3.63, 3.8) is 0 Å². The van der Waals surface area contributed by atoms with Crippen LogP contribution in [-0.2, 0) is 11.2 Å². The number of ether oxygens (including phenoxy) is 1. The molecule has 0 aliphatic heterocycles. The van der Waals surface area contributed by atoms with Crippen LogP contribution in [0.4, 0.5) is 0 Å². The lowest BCUT2D eigenvalue weighted by Crippen LogP contribution is -3.00. The summed E-state index contributed by atoms with van der Waals surface area (Å²) in [6.45, 7) is 2.10. The zero-order chi connectivity index (χ0) is 11.3. The van der Waals surface area contributed by atoms with Gasteiger partial charge in [0.15, 0.2) is 0 Å². The second-order valence-electron chi connectivity index (χ2n) is 3.83. The summed E-state index contributed by atoms with van der Waals surface area (Å²) in [5, 5.41) is 0. The van der Waals surface area contributed by atoms with Crippen molar-refractivity contribution < 1.29 is 27.7 Å². The molecule has 3 N–H and O–H groups in total. The molecule has 3 nitrogen and oxygen atoms in total. The van der Waals surface area contributed by atoms with Crippen molar-refractivity contribution in [2.45, 2.75) is 25.8 Å². The van der Waals surface area contributed by atoms with E-state index in [-0.39, 0.29) is 18.4 Å². The molecule has 0 saturated heterocycles. The number of methoxy groups -OCH3 is 1. The minimum Gasteiger partial charge on any atom is -1.00 e. The third-order valence-electron chi connectivity index (χ3n) is 2.30. The molecule has 4 heteroatoms. The maximum atomic E-state index is 11.2. The average Bonchev–Trinajstić information content (AvgIpc) is 2.26. The minimum atomic E-state index is -0.285. The molecule has 0 amide bonds. The number of hydrogen-bond donors (Lipinski definition) is 1. The van der Waals surface area contributed by atoms with Crippen molar-refractivity contribution in [2.75, 3.05) is 7.11 Å². The van der Waals surface area contributed by atoms with Crippen molar-refractivity contribution in [1.82, 2.24) is 0 Å². The van der Waals surface area contributed by atoms with Crippen molar-refractivity contribution in [3.8, 4) is 0 Å². The average molecular weight is 244 g/mol. The number of benzene rings is 1. The summed E-state index contributed by atoms with van der Waals surface area (Å²) in [5.74, 6) is -0.285. The summed E-state index contributed by atoms with van der Waals surface area (Å²) in [7, 11) is 1.39. The zero-order valence-corrected chi connectivity index (χ0v) is 10.5. The number of rotatable bonds is 4. The lowest BCUT2D eigenvalue weighted by atomic mass is 10.0. The highest BCUT2D eigenvalue weighted by Crippen LogP contribution is 2.08. The summed E-state index contributed by atoms with van der Waals surface area (Å²) in [5.41, 5.74) is 5.77. The monoisotopic (exact) mass is 243 g/mol. The Kier molecular flexibility index (Phi) is 6.77. The predicted molar refractivity (Wildman–Crippen MR) is 58.5 cm³/mol. The maximum absolute atomic E-state index is 11.2. The topological polar surface area (TPSA) is 53.9 Å². The first kappa shape index (κ1) is 14.9. The molecule has 0 spiro atoms. The van der Waals surface area contributed by atoms with Gasteiger partial charge in [-0.3, -0.25) is 0 Å². The van der Waals surface area contributed by atoms with E-state index in [1.807, 2.05) is 12.1 Å². The SMILES string of the molecule is COC(=O)c1ccc(CCC(C)[NH3+])cc1.[Cl-]. The number of carbonyl (C=O) groups is 1. The van der Waals surface area contributed by atoms with Gasteiger partial charge in [-0.05, 0) is 31.0 Å². The maximum Gasteiger partial charge on any atom is 0.337 e. The molecule has 1 rings (SSSR count). The van der Waals surface area contributed by atoms with Gasteiger partial charge >= 0.3 is 5.97 Å². The van der Waals surface area contributed by atoms with Crippen LogP contribution in [0.25, 0.3) is 0 Å². The van der Waals surface area contributed by atoms with Crippen LogP contribution in [0.2, 0.25) is 0 Å². The quantitative estimate of drug-likeness (QED) is 0.625. The molecule has 0 fully saturated rings. The highest BCUT2D eigenvalue weighted by molar-refractivity contribution is 5.89. The summed E-state index contributed by atoms with van der Waals surface area (Å²) in [6.07, 6.45) is 2.07. The summed E-state index contributed by atoms with van der Waals surface area (Å²) >= 11 is 0. The normalized spacial score (nSPS) is 11.4. The number of esters is 1. The molecule has 1 atom stereocenters. The van der Waals surface area contributed by atoms with Crippen LogP contribution in [0.5, 0.6) is 0 Å². The molecule has 0 aromatic heterocycles. The smallest absolute Gasteiger partial charge is 0.337 e. The molecule has 1 unspecified atom stereocenters. The molecule has 0 bridgehead atoms. The van der Waals surface area contributed by atoms with Gasteiger partial charge in [0.05, 0.1) is 18.7 Å². The van der Waals surface area contributed by atoms with Crippen LogP contribution < -0.4 is 18.1 Å². The lowest BCUT2D eigenvalue weighted by molar-refractivity contribution is -0.415. The van der Waals surface area contributed by atoms with Gasteiger partial charge in [-0.2, -0.15) is 0 Å². The molecule has 0 heterocycles. The molecular formula is C12H18ClNO2. The van der Waals surface area contributed by atoms with Gasteiger partial charge in [-0.15, -0.1) is 0 Å². The second-order valence-corrected chi connectivity index (χ2v) is 3.83. The van der Waals surface area contributed by atoms with Crippen LogP contribution in [0, 0.1) is 0 Å². The van der Waals surface area contributed by atoms with Gasteiger partial charge in [0.1, 0.15) is 0 Å². The van der Waals surface area contributed by atoms with Gasteiger partial charge in [0.25, 0.3) is 0 Å². The standard InChI is InChI=1S/C12H17NO2.ClH/c1-9(13)3-4-10-5-7-11(8-6-10)12(14)15-2;/h5-9H,3-4,13H2,1-2H3;1H. The fourth-order valence-corrected chi connectivity index (χ4v) is 1.34. The Morgan fingerprint density at radius 3 is 2.38 bits per heavy atom.